The van der Waals surface area contributed by atoms with E-state index in [1.165, 1.54) is 15.3 Å². The number of alkyl halides is 2. The number of fused-ring (bicyclic) bond motifs is 3. The molecule has 0 aromatic carbocycles. The molecule has 3 rings (SSSR count). The van der Waals surface area contributed by atoms with Crippen LogP contribution in [0.4, 0.5) is 8.78 Å². The van der Waals surface area contributed by atoms with Gasteiger partial charge in [0.2, 0.25) is 0 Å². The largest absolute Gasteiger partial charge is 0.255 e. The van der Waals surface area contributed by atoms with Crippen molar-refractivity contribution >= 4 is 11.3 Å². The number of rotatable bonds is 1. The van der Waals surface area contributed by atoms with Crippen LogP contribution in [0.1, 0.15) is 46.6 Å². The highest BCUT2D eigenvalue weighted by molar-refractivity contribution is 7.12. The number of thiophene rings is 1. The van der Waals surface area contributed by atoms with Crippen LogP contribution in [0.3, 0.4) is 0 Å². The van der Waals surface area contributed by atoms with Crippen LogP contribution >= 0.6 is 11.3 Å². The van der Waals surface area contributed by atoms with E-state index >= 15 is 0 Å². The molecule has 1 fully saturated rings. The second kappa shape index (κ2) is 3.28. The van der Waals surface area contributed by atoms with Crippen LogP contribution in [0.15, 0.2) is 0 Å². The van der Waals surface area contributed by atoms with E-state index in [1.54, 1.807) is 11.3 Å². The van der Waals surface area contributed by atoms with Crippen LogP contribution in [0.2, 0.25) is 0 Å². The molecule has 2 atom stereocenters. The normalized spacial score (nSPS) is 30.5. The fourth-order valence-corrected chi connectivity index (χ4v) is 4.70. The lowest BCUT2D eigenvalue weighted by molar-refractivity contribution is -0.0126. The monoisotopic (exact) mass is 242 g/mol. The molecule has 1 heterocycles. The minimum absolute atomic E-state index is 0.0970. The Kier molecular flexibility index (Phi) is 2.19. The lowest BCUT2D eigenvalue weighted by atomic mass is 9.93. The molecule has 0 N–H and O–H groups in total. The van der Waals surface area contributed by atoms with Gasteiger partial charge in [-0.15, -0.1) is 11.3 Å². The van der Waals surface area contributed by atoms with E-state index < -0.39 is 11.8 Å². The molecule has 0 saturated heterocycles. The molecular formula is C13H16F2S. The molecule has 2 aliphatic rings. The van der Waals surface area contributed by atoms with Crippen molar-refractivity contribution in [1.29, 1.82) is 0 Å². The first-order valence-corrected chi connectivity index (χ1v) is 6.85. The fourth-order valence-electron chi connectivity index (χ4n) is 3.51. The quantitative estimate of drug-likeness (QED) is 0.688. The average molecular weight is 242 g/mol. The van der Waals surface area contributed by atoms with Crippen LogP contribution in [0.25, 0.3) is 0 Å². The molecule has 0 amide bonds. The Labute approximate surface area is 98.7 Å². The predicted molar refractivity (Wildman–Crippen MR) is 62.6 cm³/mol. The zero-order valence-electron chi connectivity index (χ0n) is 9.65. The van der Waals surface area contributed by atoms with Crippen molar-refractivity contribution in [2.45, 2.75) is 51.4 Å². The summed E-state index contributed by atoms with van der Waals surface area (Å²) in [5, 5.41) is 0. The molecule has 0 bridgehead atoms. The second-order valence-corrected chi connectivity index (χ2v) is 6.38. The maximum absolute atomic E-state index is 13.9. The van der Waals surface area contributed by atoms with Gasteiger partial charge in [-0.3, -0.25) is 0 Å². The first kappa shape index (κ1) is 10.7. The Morgan fingerprint density at radius 3 is 2.88 bits per heavy atom. The Morgan fingerprint density at radius 1 is 1.44 bits per heavy atom. The van der Waals surface area contributed by atoms with Crippen LogP contribution < -0.4 is 0 Å². The Morgan fingerprint density at radius 2 is 2.19 bits per heavy atom. The Hall–Kier alpha value is -0.440. The summed E-state index contributed by atoms with van der Waals surface area (Å²) < 4.78 is 27.8. The molecule has 0 spiro atoms. The van der Waals surface area contributed by atoms with Crippen molar-refractivity contribution in [1.82, 2.24) is 0 Å². The zero-order valence-corrected chi connectivity index (χ0v) is 10.5. The topological polar surface area (TPSA) is 0 Å². The summed E-state index contributed by atoms with van der Waals surface area (Å²) in [6.07, 6.45) is 2.61. The third-order valence-corrected chi connectivity index (χ3v) is 5.51. The smallest absolute Gasteiger partial charge is 0.206 e. The van der Waals surface area contributed by atoms with Crippen molar-refractivity contribution in [2.24, 2.45) is 5.92 Å². The van der Waals surface area contributed by atoms with Crippen molar-refractivity contribution in [3.05, 3.63) is 20.9 Å². The molecule has 2 aliphatic carbocycles. The molecule has 2 unspecified atom stereocenters. The average Bonchev–Trinajstić information content (AvgIpc) is 2.81. The summed E-state index contributed by atoms with van der Waals surface area (Å²) in [5.74, 6) is -2.69. The van der Waals surface area contributed by atoms with Gasteiger partial charge in [0.15, 0.2) is 0 Å². The molecule has 1 saturated carbocycles. The van der Waals surface area contributed by atoms with Gasteiger partial charge in [0.25, 0.3) is 5.92 Å². The maximum atomic E-state index is 13.9. The molecule has 16 heavy (non-hydrogen) atoms. The van der Waals surface area contributed by atoms with Crippen LogP contribution in [-0.2, 0) is 12.8 Å². The molecule has 1 aromatic heterocycles. The molecular weight excluding hydrogens is 226 g/mol. The highest BCUT2D eigenvalue weighted by Crippen LogP contribution is 2.59. The van der Waals surface area contributed by atoms with E-state index in [0.717, 1.165) is 18.4 Å². The molecule has 1 aromatic rings. The van der Waals surface area contributed by atoms with E-state index in [2.05, 4.69) is 13.8 Å². The van der Waals surface area contributed by atoms with Gasteiger partial charge in [0, 0.05) is 16.2 Å². The second-order valence-electron chi connectivity index (χ2n) is 5.07. The van der Waals surface area contributed by atoms with Crippen LogP contribution in [0.5, 0.6) is 0 Å². The molecule has 3 heteroatoms. The SMILES string of the molecule is CCc1sc(C)c2c1C1C(CCC1(F)F)C2. The number of halogens is 2. The molecule has 0 aliphatic heterocycles. The van der Waals surface area contributed by atoms with E-state index in [9.17, 15) is 8.78 Å². The summed E-state index contributed by atoms with van der Waals surface area (Å²) in [6, 6.07) is 0. The summed E-state index contributed by atoms with van der Waals surface area (Å²) in [6.45, 7) is 4.16. The first-order chi connectivity index (χ1) is 7.54. The van der Waals surface area contributed by atoms with Gasteiger partial charge in [-0.1, -0.05) is 6.92 Å². The fraction of sp³-hybridized carbons (Fsp3) is 0.692. The van der Waals surface area contributed by atoms with Gasteiger partial charge in [-0.2, -0.15) is 0 Å². The summed E-state index contributed by atoms with van der Waals surface area (Å²) >= 11 is 1.73. The number of aryl methyl sites for hydroxylation is 2. The van der Waals surface area contributed by atoms with Crippen LogP contribution in [0, 0.1) is 12.8 Å². The van der Waals surface area contributed by atoms with E-state index in [-0.39, 0.29) is 12.3 Å². The van der Waals surface area contributed by atoms with E-state index in [0.29, 0.717) is 6.42 Å². The third-order valence-electron chi connectivity index (χ3n) is 4.20. The Balaban J connectivity index is 2.14. The van der Waals surface area contributed by atoms with Crippen molar-refractivity contribution in [3.8, 4) is 0 Å². The number of hydrogen-bond acceptors (Lipinski definition) is 1. The lowest BCUT2D eigenvalue weighted by Gasteiger charge is -2.19. The van der Waals surface area contributed by atoms with Gasteiger partial charge in [0.1, 0.15) is 0 Å². The third kappa shape index (κ3) is 1.24. The van der Waals surface area contributed by atoms with Gasteiger partial charge in [0.05, 0.1) is 5.92 Å². The summed E-state index contributed by atoms with van der Waals surface area (Å²) in [5.41, 5.74) is 2.30. The van der Waals surface area contributed by atoms with E-state index in [1.807, 2.05) is 0 Å². The molecule has 0 radical (unpaired) electrons. The van der Waals surface area contributed by atoms with E-state index in [4.69, 9.17) is 0 Å². The zero-order chi connectivity index (χ0) is 11.5. The van der Waals surface area contributed by atoms with Crippen LogP contribution in [-0.4, -0.2) is 5.92 Å². The Bertz CT molecular complexity index is 433. The summed E-state index contributed by atoms with van der Waals surface area (Å²) in [4.78, 5) is 2.48. The minimum Gasteiger partial charge on any atom is -0.206 e. The lowest BCUT2D eigenvalue weighted by Crippen LogP contribution is -2.21. The van der Waals surface area contributed by atoms with Gasteiger partial charge in [-0.05, 0) is 43.2 Å². The summed E-state index contributed by atoms with van der Waals surface area (Å²) in [7, 11) is 0. The van der Waals surface area contributed by atoms with Gasteiger partial charge >= 0.3 is 0 Å². The van der Waals surface area contributed by atoms with Crippen molar-refractivity contribution in [2.75, 3.05) is 0 Å². The predicted octanol–water partition coefficient (Wildman–Crippen LogP) is 4.30. The van der Waals surface area contributed by atoms with Crippen molar-refractivity contribution < 1.29 is 8.78 Å². The first-order valence-electron chi connectivity index (χ1n) is 6.03. The minimum atomic E-state index is -2.45. The van der Waals surface area contributed by atoms with Gasteiger partial charge in [-0.25, -0.2) is 8.78 Å². The molecule has 0 nitrogen and oxygen atoms in total. The van der Waals surface area contributed by atoms with Gasteiger partial charge < -0.3 is 0 Å². The molecule has 88 valence electrons. The standard InChI is InChI=1S/C13H16F2S/c1-3-10-11-9(7(2)16-10)6-8-4-5-13(14,15)12(8)11/h8,12H,3-6H2,1-2H3. The number of hydrogen-bond donors (Lipinski definition) is 0. The maximum Gasteiger partial charge on any atom is 0.255 e. The van der Waals surface area contributed by atoms with Crippen molar-refractivity contribution in [3.63, 3.8) is 0 Å². The highest BCUT2D eigenvalue weighted by Gasteiger charge is 2.55. The highest BCUT2D eigenvalue weighted by atomic mass is 32.1.